The predicted octanol–water partition coefficient (Wildman–Crippen LogP) is 2.31. The van der Waals surface area contributed by atoms with E-state index in [0.717, 1.165) is 0 Å². The molecule has 0 aromatic carbocycles. The molecule has 1 spiro atoms. The Morgan fingerprint density at radius 1 is 1.36 bits per heavy atom. The summed E-state index contributed by atoms with van der Waals surface area (Å²) in [7, 11) is 0. The second kappa shape index (κ2) is 5.61. The lowest BCUT2D eigenvalue weighted by molar-refractivity contribution is -0.199. The number of nitrogens with zero attached hydrogens (tertiary/aromatic N) is 3. The van der Waals surface area contributed by atoms with Gasteiger partial charge in [0.2, 0.25) is 10.1 Å². The van der Waals surface area contributed by atoms with Gasteiger partial charge in [0.25, 0.3) is 0 Å². The van der Waals surface area contributed by atoms with Crippen LogP contribution in [-0.2, 0) is 10.9 Å². The molecule has 3 rings (SSSR count). The van der Waals surface area contributed by atoms with Crippen LogP contribution in [-0.4, -0.2) is 47.2 Å². The van der Waals surface area contributed by atoms with Gasteiger partial charge in [-0.05, 0) is 19.8 Å². The van der Waals surface area contributed by atoms with Crippen LogP contribution in [0.15, 0.2) is 0 Å². The molecule has 2 fully saturated rings. The predicted molar refractivity (Wildman–Crippen MR) is 74.8 cm³/mol. The highest BCUT2D eigenvalue weighted by Gasteiger charge is 2.56. The summed E-state index contributed by atoms with van der Waals surface area (Å²) in [6.45, 7) is 3.65. The highest BCUT2D eigenvalue weighted by Crippen LogP contribution is 2.51. The third kappa shape index (κ3) is 2.59. The van der Waals surface area contributed by atoms with Gasteiger partial charge >= 0.3 is 6.18 Å². The molecule has 9 heteroatoms. The molecule has 2 atom stereocenters. The molecule has 0 amide bonds. The number of aromatic nitrogens is 2. The third-order valence-electron chi connectivity index (χ3n) is 4.73. The van der Waals surface area contributed by atoms with E-state index in [4.69, 9.17) is 4.74 Å². The number of piperidine rings is 1. The summed E-state index contributed by atoms with van der Waals surface area (Å²) >= 11 is 0.569. The van der Waals surface area contributed by atoms with Crippen molar-refractivity contribution in [1.29, 1.82) is 0 Å². The van der Waals surface area contributed by atoms with Crippen LogP contribution in [0.25, 0.3) is 0 Å². The Morgan fingerprint density at radius 2 is 2.05 bits per heavy atom. The summed E-state index contributed by atoms with van der Waals surface area (Å²) in [4.78, 5) is 1.81. The van der Waals surface area contributed by atoms with Crippen molar-refractivity contribution in [1.82, 2.24) is 10.2 Å². The smallest absolute Gasteiger partial charge is 0.392 e. The van der Waals surface area contributed by atoms with Crippen LogP contribution in [0.1, 0.15) is 31.2 Å². The number of ether oxygens (including phenoxy) is 1. The molecule has 1 aliphatic heterocycles. The fourth-order valence-electron chi connectivity index (χ4n) is 3.39. The monoisotopic (exact) mass is 337 g/mol. The maximum atomic E-state index is 12.6. The first-order valence-corrected chi connectivity index (χ1v) is 8.14. The van der Waals surface area contributed by atoms with Crippen LogP contribution in [0.2, 0.25) is 0 Å². The number of aliphatic hydroxyl groups is 1. The van der Waals surface area contributed by atoms with E-state index in [0.29, 0.717) is 55.4 Å². The van der Waals surface area contributed by atoms with E-state index in [1.165, 1.54) is 0 Å². The Hall–Kier alpha value is -0.930. The maximum Gasteiger partial charge on any atom is 0.445 e. The molecule has 2 aliphatic rings. The molecule has 5 nitrogen and oxygen atoms in total. The third-order valence-corrected chi connectivity index (χ3v) is 5.76. The molecule has 124 valence electrons. The zero-order valence-electron chi connectivity index (χ0n) is 12.1. The van der Waals surface area contributed by atoms with E-state index in [9.17, 15) is 18.3 Å². The fourth-order valence-corrected chi connectivity index (χ4v) is 4.15. The van der Waals surface area contributed by atoms with Crippen molar-refractivity contribution in [3.05, 3.63) is 5.01 Å². The highest BCUT2D eigenvalue weighted by atomic mass is 32.1. The van der Waals surface area contributed by atoms with Gasteiger partial charge in [-0.15, -0.1) is 10.2 Å². The molecule has 0 radical (unpaired) electrons. The van der Waals surface area contributed by atoms with Gasteiger partial charge in [0, 0.05) is 31.5 Å². The Kier molecular flexibility index (Phi) is 4.07. The first kappa shape index (κ1) is 15.9. The summed E-state index contributed by atoms with van der Waals surface area (Å²) in [6.07, 6.45) is -2.75. The number of anilines is 1. The average molecular weight is 337 g/mol. The molecule has 2 heterocycles. The molecular formula is C13H18F3N3O2S. The van der Waals surface area contributed by atoms with Crippen LogP contribution in [0.3, 0.4) is 0 Å². The van der Waals surface area contributed by atoms with E-state index in [1.54, 1.807) is 0 Å². The van der Waals surface area contributed by atoms with Gasteiger partial charge in [-0.2, -0.15) is 13.2 Å². The number of halogens is 3. The Labute approximate surface area is 130 Å². The Bertz CT molecular complexity index is 527. The molecule has 1 aromatic rings. The second-order valence-electron chi connectivity index (χ2n) is 5.80. The number of aliphatic hydroxyl groups excluding tert-OH is 1. The highest BCUT2D eigenvalue weighted by molar-refractivity contribution is 7.15. The van der Waals surface area contributed by atoms with E-state index in [-0.39, 0.29) is 17.6 Å². The molecule has 22 heavy (non-hydrogen) atoms. The lowest BCUT2D eigenvalue weighted by Gasteiger charge is -2.56. The molecule has 1 aliphatic carbocycles. The normalized spacial score (nSPS) is 28.0. The number of hydrogen-bond donors (Lipinski definition) is 1. The zero-order valence-corrected chi connectivity index (χ0v) is 13.0. The minimum Gasteiger partial charge on any atom is -0.392 e. The van der Waals surface area contributed by atoms with Gasteiger partial charge in [0.1, 0.15) is 0 Å². The zero-order chi connectivity index (χ0) is 16.0. The fraction of sp³-hybridized carbons (Fsp3) is 0.846. The van der Waals surface area contributed by atoms with Crippen LogP contribution < -0.4 is 4.90 Å². The van der Waals surface area contributed by atoms with Gasteiger partial charge in [-0.1, -0.05) is 11.3 Å². The topological polar surface area (TPSA) is 58.5 Å². The van der Waals surface area contributed by atoms with Crippen molar-refractivity contribution in [3.63, 3.8) is 0 Å². The SMILES string of the molecule is CCOC1CC(O)C12CCN(c1nnc(C(F)(F)F)s1)CC2. The number of rotatable bonds is 3. The second-order valence-corrected chi connectivity index (χ2v) is 6.76. The molecular weight excluding hydrogens is 319 g/mol. The van der Waals surface area contributed by atoms with Crippen molar-refractivity contribution in [2.75, 3.05) is 24.6 Å². The first-order valence-electron chi connectivity index (χ1n) is 7.32. The van der Waals surface area contributed by atoms with Crippen LogP contribution in [0.5, 0.6) is 0 Å². The first-order chi connectivity index (χ1) is 10.4. The molecule has 1 N–H and O–H groups in total. The van der Waals surface area contributed by atoms with Gasteiger partial charge in [-0.25, -0.2) is 0 Å². The maximum absolute atomic E-state index is 12.6. The summed E-state index contributed by atoms with van der Waals surface area (Å²) < 4.78 is 43.4. The van der Waals surface area contributed by atoms with Gasteiger partial charge < -0.3 is 14.7 Å². The van der Waals surface area contributed by atoms with Crippen LogP contribution >= 0.6 is 11.3 Å². The molecule has 1 saturated heterocycles. The molecule has 0 bridgehead atoms. The van der Waals surface area contributed by atoms with Gasteiger partial charge in [0.15, 0.2) is 0 Å². The number of alkyl halides is 3. The average Bonchev–Trinajstić information content (AvgIpc) is 2.97. The van der Waals surface area contributed by atoms with Crippen molar-refractivity contribution >= 4 is 16.5 Å². The van der Waals surface area contributed by atoms with Crippen molar-refractivity contribution < 1.29 is 23.0 Å². The standard InChI is InChI=1S/C13H18F3N3O2S/c1-2-21-9-7-8(20)12(9)3-5-19(6-4-12)11-18-17-10(22-11)13(14,15)16/h8-9,20H,2-7H2,1H3. The van der Waals surface area contributed by atoms with Crippen molar-refractivity contribution in [2.24, 2.45) is 5.41 Å². The summed E-state index contributed by atoms with van der Waals surface area (Å²) in [5.41, 5.74) is -0.246. The van der Waals surface area contributed by atoms with E-state index < -0.39 is 11.2 Å². The summed E-state index contributed by atoms with van der Waals surface area (Å²) in [5.74, 6) is 0. The molecule has 2 unspecified atom stereocenters. The Morgan fingerprint density at radius 3 is 2.55 bits per heavy atom. The van der Waals surface area contributed by atoms with Crippen LogP contribution in [0.4, 0.5) is 18.3 Å². The molecule has 1 aromatic heterocycles. The lowest BCUT2D eigenvalue weighted by atomic mass is 9.58. The van der Waals surface area contributed by atoms with E-state index in [1.807, 2.05) is 11.8 Å². The van der Waals surface area contributed by atoms with Crippen molar-refractivity contribution in [2.45, 2.75) is 44.6 Å². The minimum atomic E-state index is -4.45. The Balaban J connectivity index is 1.65. The van der Waals surface area contributed by atoms with E-state index >= 15 is 0 Å². The van der Waals surface area contributed by atoms with Gasteiger partial charge in [-0.3, -0.25) is 0 Å². The lowest BCUT2D eigenvalue weighted by Crippen LogP contribution is -2.62. The summed E-state index contributed by atoms with van der Waals surface area (Å²) in [5, 5.41) is 16.4. The largest absolute Gasteiger partial charge is 0.445 e. The summed E-state index contributed by atoms with van der Waals surface area (Å²) in [6, 6.07) is 0. The minimum absolute atomic E-state index is 0.0507. The molecule has 1 saturated carbocycles. The van der Waals surface area contributed by atoms with Crippen LogP contribution in [0, 0.1) is 5.41 Å². The van der Waals surface area contributed by atoms with E-state index in [2.05, 4.69) is 10.2 Å². The van der Waals surface area contributed by atoms with Gasteiger partial charge in [0.05, 0.1) is 12.2 Å². The quantitative estimate of drug-likeness (QED) is 0.917. The van der Waals surface area contributed by atoms with Crippen molar-refractivity contribution in [3.8, 4) is 0 Å². The number of hydrogen-bond acceptors (Lipinski definition) is 6.